The Kier molecular flexibility index (Phi) is 6.18. The first-order chi connectivity index (χ1) is 15.1. The number of nitrogens with one attached hydrogen (secondary N) is 1. The first-order valence-corrected chi connectivity index (χ1v) is 10.3. The van der Waals surface area contributed by atoms with E-state index in [1.807, 2.05) is 36.4 Å². The zero-order valence-electron chi connectivity index (χ0n) is 17.5. The first kappa shape index (κ1) is 20.9. The molecule has 1 saturated heterocycles. The molecule has 8 nitrogen and oxygen atoms in total. The lowest BCUT2D eigenvalue weighted by Crippen LogP contribution is -2.47. The summed E-state index contributed by atoms with van der Waals surface area (Å²) >= 11 is 6.14. The summed E-state index contributed by atoms with van der Waals surface area (Å²) in [6.45, 7) is 3.26. The zero-order valence-corrected chi connectivity index (χ0v) is 18.3. The lowest BCUT2D eigenvalue weighted by molar-refractivity contribution is 0.405. The van der Waals surface area contributed by atoms with Crippen LogP contribution in [0.15, 0.2) is 48.8 Å². The molecule has 162 valence electrons. The maximum Gasteiger partial charge on any atom is 0.159 e. The van der Waals surface area contributed by atoms with Crippen LogP contribution in [0.1, 0.15) is 0 Å². The van der Waals surface area contributed by atoms with Crippen LogP contribution in [-0.4, -0.2) is 50.4 Å². The minimum Gasteiger partial charge on any atom is -0.497 e. The number of ether oxygens (including phenoxy) is 2. The number of rotatable bonds is 6. The summed E-state index contributed by atoms with van der Waals surface area (Å²) in [7, 11) is 3.23. The summed E-state index contributed by atoms with van der Waals surface area (Å²) in [5.74, 6) is 2.60. The van der Waals surface area contributed by atoms with E-state index >= 15 is 0 Å². The molecule has 3 aromatic rings. The Morgan fingerprint density at radius 3 is 2.45 bits per heavy atom. The number of anilines is 5. The number of nitrogen functional groups attached to an aromatic ring is 1. The molecule has 2 aromatic carbocycles. The molecule has 0 unspecified atom stereocenters. The van der Waals surface area contributed by atoms with Crippen LogP contribution < -0.4 is 30.3 Å². The maximum atomic E-state index is 6.46. The van der Waals surface area contributed by atoms with Crippen LogP contribution in [0.4, 0.5) is 28.7 Å². The average Bonchev–Trinajstić information content (AvgIpc) is 2.80. The average molecular weight is 441 g/mol. The molecule has 1 aromatic heterocycles. The van der Waals surface area contributed by atoms with Crippen molar-refractivity contribution >= 4 is 40.3 Å². The normalized spacial score (nSPS) is 13.8. The summed E-state index contributed by atoms with van der Waals surface area (Å²) < 4.78 is 10.8. The van der Waals surface area contributed by atoms with Crippen molar-refractivity contribution in [2.75, 3.05) is 61.2 Å². The third kappa shape index (κ3) is 4.54. The SMILES string of the molecule is COc1ccc(OC)c(Nc2ncnc(N3CCN(c4cccc(Cl)c4)CC3)c2N)c1. The molecule has 0 atom stereocenters. The van der Waals surface area contributed by atoms with E-state index in [1.54, 1.807) is 14.2 Å². The van der Waals surface area contributed by atoms with Crippen LogP contribution in [0.2, 0.25) is 5.02 Å². The van der Waals surface area contributed by atoms with Gasteiger partial charge in [-0.15, -0.1) is 0 Å². The molecule has 31 heavy (non-hydrogen) atoms. The Balaban J connectivity index is 1.51. The third-order valence-corrected chi connectivity index (χ3v) is 5.51. The Labute approximate surface area is 186 Å². The minimum atomic E-state index is 0.489. The summed E-state index contributed by atoms with van der Waals surface area (Å²) in [4.78, 5) is 13.3. The molecule has 0 bridgehead atoms. The maximum absolute atomic E-state index is 6.46. The Morgan fingerprint density at radius 1 is 0.968 bits per heavy atom. The molecule has 0 aliphatic carbocycles. The molecule has 4 rings (SSSR count). The second-order valence-corrected chi connectivity index (χ2v) is 7.54. The van der Waals surface area contributed by atoms with Crippen LogP contribution in [0.5, 0.6) is 11.5 Å². The van der Waals surface area contributed by atoms with Gasteiger partial charge in [-0.05, 0) is 30.3 Å². The van der Waals surface area contributed by atoms with Crippen LogP contribution in [0.3, 0.4) is 0 Å². The molecule has 2 heterocycles. The van der Waals surface area contributed by atoms with Gasteiger partial charge in [0, 0.05) is 43.0 Å². The number of nitrogens with zero attached hydrogens (tertiary/aromatic N) is 4. The number of methoxy groups -OCH3 is 2. The van der Waals surface area contributed by atoms with Crippen molar-refractivity contribution in [2.45, 2.75) is 0 Å². The molecular weight excluding hydrogens is 416 g/mol. The molecule has 1 aliphatic heterocycles. The van der Waals surface area contributed by atoms with Gasteiger partial charge in [-0.2, -0.15) is 0 Å². The number of hydrogen-bond acceptors (Lipinski definition) is 8. The van der Waals surface area contributed by atoms with Gasteiger partial charge in [0.05, 0.1) is 19.9 Å². The number of halogens is 1. The Hall–Kier alpha value is -3.39. The van der Waals surface area contributed by atoms with Gasteiger partial charge in [-0.1, -0.05) is 17.7 Å². The van der Waals surface area contributed by atoms with Gasteiger partial charge in [0.1, 0.15) is 23.5 Å². The largest absolute Gasteiger partial charge is 0.497 e. The molecule has 1 aliphatic rings. The Bertz CT molecular complexity index is 1060. The minimum absolute atomic E-state index is 0.489. The highest BCUT2D eigenvalue weighted by Gasteiger charge is 2.22. The van der Waals surface area contributed by atoms with Crippen LogP contribution >= 0.6 is 11.6 Å². The highest BCUT2D eigenvalue weighted by Crippen LogP contribution is 2.35. The van der Waals surface area contributed by atoms with Crippen LogP contribution in [0, 0.1) is 0 Å². The van der Waals surface area contributed by atoms with Gasteiger partial charge in [-0.25, -0.2) is 9.97 Å². The molecule has 0 spiro atoms. The van der Waals surface area contributed by atoms with E-state index in [0.29, 0.717) is 34.5 Å². The van der Waals surface area contributed by atoms with E-state index in [-0.39, 0.29) is 0 Å². The highest BCUT2D eigenvalue weighted by atomic mass is 35.5. The summed E-state index contributed by atoms with van der Waals surface area (Å²) in [5, 5.41) is 3.99. The lowest BCUT2D eigenvalue weighted by Gasteiger charge is -2.37. The monoisotopic (exact) mass is 440 g/mol. The second-order valence-electron chi connectivity index (χ2n) is 7.10. The van der Waals surface area contributed by atoms with Crippen molar-refractivity contribution in [3.8, 4) is 11.5 Å². The fourth-order valence-electron chi connectivity index (χ4n) is 3.63. The van der Waals surface area contributed by atoms with E-state index in [2.05, 4.69) is 31.2 Å². The predicted molar refractivity (Wildman–Crippen MR) is 125 cm³/mol. The van der Waals surface area contributed by atoms with Gasteiger partial charge in [0.25, 0.3) is 0 Å². The van der Waals surface area contributed by atoms with Crippen molar-refractivity contribution in [3.05, 3.63) is 53.8 Å². The second kappa shape index (κ2) is 9.18. The number of nitrogens with two attached hydrogens (primary N) is 1. The van der Waals surface area contributed by atoms with E-state index in [4.69, 9.17) is 26.8 Å². The van der Waals surface area contributed by atoms with Crippen molar-refractivity contribution < 1.29 is 9.47 Å². The molecular formula is C22H25ClN6O2. The summed E-state index contributed by atoms with van der Waals surface area (Å²) in [6, 6.07) is 13.4. The molecule has 0 saturated carbocycles. The van der Waals surface area contributed by atoms with Crippen molar-refractivity contribution in [3.63, 3.8) is 0 Å². The molecule has 9 heteroatoms. The Morgan fingerprint density at radius 2 is 1.74 bits per heavy atom. The quantitative estimate of drug-likeness (QED) is 0.598. The van der Waals surface area contributed by atoms with Gasteiger partial charge >= 0.3 is 0 Å². The third-order valence-electron chi connectivity index (χ3n) is 5.28. The van der Waals surface area contributed by atoms with Crippen LogP contribution in [-0.2, 0) is 0 Å². The fraction of sp³-hybridized carbons (Fsp3) is 0.273. The molecule has 3 N–H and O–H groups in total. The number of benzene rings is 2. The molecule has 1 fully saturated rings. The van der Waals surface area contributed by atoms with Gasteiger partial charge < -0.3 is 30.3 Å². The lowest BCUT2D eigenvalue weighted by atomic mass is 10.2. The summed E-state index contributed by atoms with van der Waals surface area (Å²) in [5.41, 5.74) is 8.78. The van der Waals surface area contributed by atoms with Crippen molar-refractivity contribution in [1.29, 1.82) is 0 Å². The number of hydrogen-bond donors (Lipinski definition) is 2. The predicted octanol–water partition coefficient (Wildman–Crippen LogP) is 3.80. The standard InChI is InChI=1S/C22H25ClN6O2/c1-30-17-6-7-19(31-2)18(13-17)27-21-20(24)22(26-14-25-21)29-10-8-28(9-11-29)16-5-3-4-15(23)12-16/h3-7,12-14H,8-11,24H2,1-2H3,(H,25,26,27). The number of aromatic nitrogens is 2. The topological polar surface area (TPSA) is 88.8 Å². The van der Waals surface area contributed by atoms with Gasteiger partial charge in [-0.3, -0.25) is 0 Å². The van der Waals surface area contributed by atoms with Crippen LogP contribution in [0.25, 0.3) is 0 Å². The molecule has 0 radical (unpaired) electrons. The van der Waals surface area contributed by atoms with E-state index in [1.165, 1.54) is 6.33 Å². The van der Waals surface area contributed by atoms with Gasteiger partial charge in [0.2, 0.25) is 0 Å². The van der Waals surface area contributed by atoms with E-state index in [0.717, 1.165) is 36.9 Å². The molecule has 0 amide bonds. The summed E-state index contributed by atoms with van der Waals surface area (Å²) in [6.07, 6.45) is 1.52. The first-order valence-electron chi connectivity index (χ1n) is 9.94. The van der Waals surface area contributed by atoms with Crippen molar-refractivity contribution in [2.24, 2.45) is 0 Å². The van der Waals surface area contributed by atoms with E-state index in [9.17, 15) is 0 Å². The fourth-order valence-corrected chi connectivity index (χ4v) is 3.81. The van der Waals surface area contributed by atoms with Gasteiger partial charge in [0.15, 0.2) is 11.6 Å². The zero-order chi connectivity index (χ0) is 21.8. The number of piperazine rings is 1. The smallest absolute Gasteiger partial charge is 0.159 e. The van der Waals surface area contributed by atoms with Crippen molar-refractivity contribution in [1.82, 2.24) is 9.97 Å². The highest BCUT2D eigenvalue weighted by molar-refractivity contribution is 6.30. The van der Waals surface area contributed by atoms with E-state index < -0.39 is 0 Å².